The van der Waals surface area contributed by atoms with Gasteiger partial charge >= 0.3 is 7.69 Å². The van der Waals surface area contributed by atoms with E-state index in [1.165, 1.54) is 11.1 Å². The summed E-state index contributed by atoms with van der Waals surface area (Å²) in [4.78, 5) is 14.4. The second-order valence-electron chi connectivity index (χ2n) is 10.7. The molecule has 35 heavy (non-hydrogen) atoms. The van der Waals surface area contributed by atoms with Gasteiger partial charge in [0.25, 0.3) is 0 Å². The van der Waals surface area contributed by atoms with Gasteiger partial charge in [-0.3, -0.25) is 0 Å². The van der Waals surface area contributed by atoms with E-state index in [4.69, 9.17) is 19.6 Å². The lowest BCUT2D eigenvalue weighted by Crippen LogP contribution is -2.11. The number of hydrogen-bond donors (Lipinski definition) is 1. The van der Waals surface area contributed by atoms with E-state index < -0.39 is 0 Å². The van der Waals surface area contributed by atoms with Crippen molar-refractivity contribution in [3.8, 4) is 39.9 Å². The molecular formula is C29H31BN3O2. The van der Waals surface area contributed by atoms with Crippen LogP contribution in [0.5, 0.6) is 5.75 Å². The lowest BCUT2D eigenvalue weighted by Gasteiger charge is -2.19. The van der Waals surface area contributed by atoms with Gasteiger partial charge in [-0.25, -0.2) is 15.0 Å². The summed E-state index contributed by atoms with van der Waals surface area (Å²) in [5.41, 5.74) is 5.07. The Morgan fingerprint density at radius 2 is 1.03 bits per heavy atom. The van der Waals surface area contributed by atoms with E-state index in [-0.39, 0.29) is 10.8 Å². The first-order chi connectivity index (χ1) is 16.6. The minimum atomic E-state index is 0.0554. The molecule has 0 spiro atoms. The normalized spacial score (nSPS) is 11.9. The number of aromatic nitrogens is 3. The molecule has 4 rings (SSSR count). The SMILES string of the molecule is CC(C)(C)c1ccc(-c2nc(-c3ccc(C(C)(C)C)cc3)nc(-c3ccccc3O[B]O)n2)cc1. The van der Waals surface area contributed by atoms with Gasteiger partial charge in [0.05, 0.1) is 5.56 Å². The Kier molecular flexibility index (Phi) is 6.77. The van der Waals surface area contributed by atoms with Crippen molar-refractivity contribution < 1.29 is 9.68 Å². The molecule has 0 saturated carbocycles. The number of benzene rings is 3. The zero-order valence-corrected chi connectivity index (χ0v) is 21.2. The van der Waals surface area contributed by atoms with Crippen LogP contribution in [0.1, 0.15) is 52.7 Å². The Morgan fingerprint density at radius 3 is 1.46 bits per heavy atom. The fourth-order valence-electron chi connectivity index (χ4n) is 3.80. The molecule has 1 N–H and O–H groups in total. The van der Waals surface area contributed by atoms with Crippen LogP contribution in [0, 0.1) is 0 Å². The maximum atomic E-state index is 9.24. The molecule has 0 fully saturated rings. The average molecular weight is 464 g/mol. The van der Waals surface area contributed by atoms with E-state index in [0.717, 1.165) is 11.1 Å². The fraction of sp³-hybridized carbons (Fsp3) is 0.276. The average Bonchev–Trinajstić information content (AvgIpc) is 2.83. The summed E-state index contributed by atoms with van der Waals surface area (Å²) in [6.07, 6.45) is 0. The number of nitrogens with zero attached hydrogens (tertiary/aromatic N) is 3. The van der Waals surface area contributed by atoms with Gasteiger partial charge in [0.2, 0.25) is 0 Å². The first kappa shape index (κ1) is 24.6. The summed E-state index contributed by atoms with van der Waals surface area (Å²) < 4.78 is 5.32. The predicted octanol–water partition coefficient (Wildman–Crippen LogP) is 6.37. The third-order valence-electron chi connectivity index (χ3n) is 5.96. The van der Waals surface area contributed by atoms with Crippen LogP contribution in [0.25, 0.3) is 34.2 Å². The molecule has 0 aliphatic carbocycles. The maximum absolute atomic E-state index is 9.24. The van der Waals surface area contributed by atoms with Crippen molar-refractivity contribution in [2.24, 2.45) is 0 Å². The summed E-state index contributed by atoms with van der Waals surface area (Å²) in [6.45, 7) is 13.2. The first-order valence-electron chi connectivity index (χ1n) is 11.8. The Bertz CT molecular complexity index is 1230. The standard InChI is InChI=1S/C29H31BN3O2/c1-28(2,3)21-15-11-19(12-16-21)25-31-26(20-13-17-22(18-14-20)29(4,5)6)33-27(32-25)23-9-7-8-10-24(23)35-30-34/h7-18,34H,1-6H3. The lowest BCUT2D eigenvalue weighted by atomic mass is 9.86. The number of para-hydroxylation sites is 1. The minimum absolute atomic E-state index is 0.0554. The van der Waals surface area contributed by atoms with Crippen LogP contribution < -0.4 is 4.65 Å². The van der Waals surface area contributed by atoms with E-state index in [1.807, 2.05) is 18.2 Å². The van der Waals surface area contributed by atoms with Crippen LogP contribution in [0.2, 0.25) is 0 Å². The smallest absolute Gasteiger partial charge is 0.537 e. The second kappa shape index (κ2) is 9.63. The van der Waals surface area contributed by atoms with E-state index in [9.17, 15) is 5.02 Å². The van der Waals surface area contributed by atoms with Gasteiger partial charge in [0.15, 0.2) is 17.5 Å². The van der Waals surface area contributed by atoms with Crippen LogP contribution in [0.3, 0.4) is 0 Å². The molecule has 0 bridgehead atoms. The quantitative estimate of drug-likeness (QED) is 0.348. The highest BCUT2D eigenvalue weighted by Crippen LogP contribution is 2.32. The number of hydrogen-bond acceptors (Lipinski definition) is 5. The molecule has 1 radical (unpaired) electrons. The van der Waals surface area contributed by atoms with Crippen molar-refractivity contribution in [2.45, 2.75) is 52.4 Å². The van der Waals surface area contributed by atoms with Crippen LogP contribution in [0.15, 0.2) is 72.8 Å². The lowest BCUT2D eigenvalue weighted by molar-refractivity contribution is 0.454. The minimum Gasteiger partial charge on any atom is -0.537 e. The van der Waals surface area contributed by atoms with E-state index in [1.54, 1.807) is 6.07 Å². The summed E-state index contributed by atoms with van der Waals surface area (Å²) in [5.74, 6) is 2.09. The fourth-order valence-corrected chi connectivity index (χ4v) is 3.80. The van der Waals surface area contributed by atoms with Gasteiger partial charge in [-0.15, -0.1) is 0 Å². The molecule has 6 heteroatoms. The van der Waals surface area contributed by atoms with E-state index in [2.05, 4.69) is 90.1 Å². The molecule has 0 atom stereocenters. The molecule has 3 aromatic carbocycles. The van der Waals surface area contributed by atoms with Crippen LogP contribution in [-0.4, -0.2) is 27.7 Å². The summed E-state index contributed by atoms with van der Waals surface area (Å²) in [5, 5.41) is 9.24. The molecule has 0 amide bonds. The molecule has 0 unspecified atom stereocenters. The zero-order chi connectivity index (χ0) is 25.2. The topological polar surface area (TPSA) is 68.1 Å². The highest BCUT2D eigenvalue weighted by Gasteiger charge is 2.18. The second-order valence-corrected chi connectivity index (χ2v) is 10.7. The Hall–Kier alpha value is -3.51. The van der Waals surface area contributed by atoms with Crippen molar-refractivity contribution in [2.75, 3.05) is 0 Å². The molecule has 4 aromatic rings. The predicted molar refractivity (Wildman–Crippen MR) is 142 cm³/mol. The molecule has 1 aromatic heterocycles. The first-order valence-corrected chi connectivity index (χ1v) is 11.8. The van der Waals surface area contributed by atoms with Crippen molar-refractivity contribution in [3.05, 3.63) is 83.9 Å². The molecule has 5 nitrogen and oxygen atoms in total. The van der Waals surface area contributed by atoms with E-state index in [0.29, 0.717) is 36.5 Å². The highest BCUT2D eigenvalue weighted by atomic mass is 16.5. The Balaban J connectivity index is 1.86. The summed E-state index contributed by atoms with van der Waals surface area (Å²) in [7, 11) is 0.665. The van der Waals surface area contributed by atoms with Gasteiger partial charge in [-0.1, -0.05) is 102 Å². The van der Waals surface area contributed by atoms with Gasteiger partial charge in [0, 0.05) is 11.1 Å². The molecule has 0 aliphatic rings. The maximum Gasteiger partial charge on any atom is 0.569 e. The molecule has 0 saturated heterocycles. The van der Waals surface area contributed by atoms with Crippen molar-refractivity contribution >= 4 is 7.69 Å². The van der Waals surface area contributed by atoms with Crippen molar-refractivity contribution in [1.82, 2.24) is 15.0 Å². The van der Waals surface area contributed by atoms with Gasteiger partial charge < -0.3 is 9.68 Å². The molecule has 1 heterocycles. The van der Waals surface area contributed by atoms with Crippen molar-refractivity contribution in [3.63, 3.8) is 0 Å². The van der Waals surface area contributed by atoms with Crippen LogP contribution >= 0.6 is 0 Å². The molecular weight excluding hydrogens is 433 g/mol. The van der Waals surface area contributed by atoms with Crippen LogP contribution in [-0.2, 0) is 10.8 Å². The third kappa shape index (κ3) is 5.60. The van der Waals surface area contributed by atoms with Gasteiger partial charge in [-0.2, -0.15) is 0 Å². The summed E-state index contributed by atoms with van der Waals surface area (Å²) in [6, 6.07) is 24.0. The van der Waals surface area contributed by atoms with E-state index >= 15 is 0 Å². The Labute approximate surface area is 208 Å². The largest absolute Gasteiger partial charge is 0.569 e. The third-order valence-corrected chi connectivity index (χ3v) is 5.96. The Morgan fingerprint density at radius 1 is 0.600 bits per heavy atom. The van der Waals surface area contributed by atoms with Crippen LogP contribution in [0.4, 0.5) is 0 Å². The van der Waals surface area contributed by atoms with Gasteiger partial charge in [-0.05, 0) is 34.1 Å². The summed E-state index contributed by atoms with van der Waals surface area (Å²) >= 11 is 0. The number of rotatable bonds is 5. The monoisotopic (exact) mass is 464 g/mol. The molecule has 177 valence electrons. The zero-order valence-electron chi connectivity index (χ0n) is 21.2. The molecule has 0 aliphatic heterocycles. The van der Waals surface area contributed by atoms with Crippen molar-refractivity contribution in [1.29, 1.82) is 0 Å². The van der Waals surface area contributed by atoms with Gasteiger partial charge in [0.1, 0.15) is 5.75 Å². The highest BCUT2D eigenvalue weighted by molar-refractivity contribution is 6.17.